The lowest BCUT2D eigenvalue weighted by Gasteiger charge is -2.40. The summed E-state index contributed by atoms with van der Waals surface area (Å²) >= 11 is 0. The molecule has 0 unspecified atom stereocenters. The topological polar surface area (TPSA) is 28.5 Å². The van der Waals surface area contributed by atoms with Gasteiger partial charge in [-0.05, 0) is 83.3 Å². The molecule has 2 heterocycles. The van der Waals surface area contributed by atoms with Crippen molar-refractivity contribution in [3.8, 4) is 22.4 Å². The summed E-state index contributed by atoms with van der Waals surface area (Å²) in [6.07, 6.45) is 0. The lowest BCUT2D eigenvalue weighted by molar-refractivity contribution is 0.337. The molecule has 0 radical (unpaired) electrons. The Balaban J connectivity index is 1.39. The van der Waals surface area contributed by atoms with Crippen LogP contribution in [0.4, 0.5) is 5.82 Å². The fourth-order valence-corrected chi connectivity index (χ4v) is 6.99. The molecule has 0 aliphatic carbocycles. The SMILES string of the molecule is CC1(C)N=C(c2ccccc2)N(c2cccc(-c3c4ccccc4c(-c4cccc5ccccc45)c4ccccc34)n2)C1(C)C. The molecule has 218 valence electrons. The van der Waals surface area contributed by atoms with Gasteiger partial charge in [-0.1, -0.05) is 127 Å². The average Bonchev–Trinajstić information content (AvgIpc) is 3.26. The second-order valence-electron chi connectivity index (χ2n) is 13.0. The first kappa shape index (κ1) is 27.3. The zero-order valence-corrected chi connectivity index (χ0v) is 26.1. The van der Waals surface area contributed by atoms with E-state index >= 15 is 0 Å². The lowest BCUT2D eigenvalue weighted by atomic mass is 9.83. The van der Waals surface area contributed by atoms with E-state index in [4.69, 9.17) is 9.98 Å². The standard InChI is InChI=1S/C42H35N3/c1-41(2)42(3,4)45(40(44-41)29-17-6-5-7-18-29)37-27-15-26-36(43-37)39-34-23-12-10-21-32(34)38(33-22-11-13-24-35(33)39)31-25-14-19-28-16-8-9-20-30(28)31/h5-27H,1-4H3. The minimum Gasteiger partial charge on any atom is -0.303 e. The Bertz CT molecular complexity index is 2220. The van der Waals surface area contributed by atoms with Crippen LogP contribution in [0.25, 0.3) is 54.7 Å². The summed E-state index contributed by atoms with van der Waals surface area (Å²) < 4.78 is 0. The Kier molecular flexibility index (Phi) is 6.15. The summed E-state index contributed by atoms with van der Waals surface area (Å²) in [6.45, 7) is 8.97. The smallest absolute Gasteiger partial charge is 0.137 e. The maximum absolute atomic E-state index is 5.46. The van der Waals surface area contributed by atoms with Crippen LogP contribution in [0.5, 0.6) is 0 Å². The maximum atomic E-state index is 5.46. The molecule has 1 aromatic heterocycles. The van der Waals surface area contributed by atoms with Crippen LogP contribution < -0.4 is 4.90 Å². The van der Waals surface area contributed by atoms with Crippen molar-refractivity contribution < 1.29 is 0 Å². The number of hydrogen-bond acceptors (Lipinski definition) is 3. The van der Waals surface area contributed by atoms with Crippen LogP contribution in [-0.2, 0) is 0 Å². The van der Waals surface area contributed by atoms with Crippen molar-refractivity contribution >= 4 is 44.0 Å². The van der Waals surface area contributed by atoms with Gasteiger partial charge in [0.1, 0.15) is 11.7 Å². The van der Waals surface area contributed by atoms with E-state index in [1.807, 2.05) is 0 Å². The molecule has 8 rings (SSSR count). The molecule has 3 heteroatoms. The van der Waals surface area contributed by atoms with Gasteiger partial charge in [0.15, 0.2) is 0 Å². The molecule has 1 aliphatic heterocycles. The van der Waals surface area contributed by atoms with Crippen LogP contribution in [0.2, 0.25) is 0 Å². The molecule has 0 bridgehead atoms. The van der Waals surface area contributed by atoms with Crippen molar-refractivity contribution in [1.29, 1.82) is 0 Å². The van der Waals surface area contributed by atoms with Crippen molar-refractivity contribution in [1.82, 2.24) is 4.98 Å². The molecule has 3 nitrogen and oxygen atoms in total. The number of aliphatic imine (C=N–C) groups is 1. The van der Waals surface area contributed by atoms with E-state index in [0.29, 0.717) is 0 Å². The van der Waals surface area contributed by atoms with Crippen molar-refractivity contribution in [3.05, 3.63) is 145 Å². The maximum Gasteiger partial charge on any atom is 0.137 e. The van der Waals surface area contributed by atoms with E-state index in [-0.39, 0.29) is 11.1 Å². The number of hydrogen-bond donors (Lipinski definition) is 0. The van der Waals surface area contributed by atoms with Gasteiger partial charge >= 0.3 is 0 Å². The van der Waals surface area contributed by atoms with Crippen molar-refractivity contribution in [2.75, 3.05) is 4.90 Å². The largest absolute Gasteiger partial charge is 0.303 e. The summed E-state index contributed by atoms with van der Waals surface area (Å²) in [6, 6.07) is 49.8. The van der Waals surface area contributed by atoms with E-state index < -0.39 is 0 Å². The summed E-state index contributed by atoms with van der Waals surface area (Å²) in [7, 11) is 0. The molecule has 0 spiro atoms. The first-order valence-electron chi connectivity index (χ1n) is 15.7. The third-order valence-corrected chi connectivity index (χ3v) is 9.90. The van der Waals surface area contributed by atoms with E-state index in [9.17, 15) is 0 Å². The third kappa shape index (κ3) is 4.18. The van der Waals surface area contributed by atoms with Crippen molar-refractivity contribution in [2.45, 2.75) is 38.8 Å². The quantitative estimate of drug-likeness (QED) is 0.193. The van der Waals surface area contributed by atoms with Gasteiger partial charge in [-0.25, -0.2) is 4.98 Å². The summed E-state index contributed by atoms with van der Waals surface area (Å²) in [5, 5.41) is 7.35. The van der Waals surface area contributed by atoms with Gasteiger partial charge in [-0.15, -0.1) is 0 Å². The van der Waals surface area contributed by atoms with Gasteiger partial charge in [-0.2, -0.15) is 0 Å². The number of fused-ring (bicyclic) bond motifs is 3. The van der Waals surface area contributed by atoms with E-state index in [0.717, 1.165) is 28.5 Å². The normalized spacial score (nSPS) is 15.6. The zero-order valence-electron chi connectivity index (χ0n) is 26.1. The Hall–Kier alpha value is -5.28. The van der Waals surface area contributed by atoms with Crippen LogP contribution >= 0.6 is 0 Å². The molecule has 7 aromatic rings. The number of rotatable bonds is 4. The summed E-state index contributed by atoms with van der Waals surface area (Å²) in [4.78, 5) is 13.1. The highest BCUT2D eigenvalue weighted by atomic mass is 15.4. The molecule has 6 aromatic carbocycles. The Morgan fingerprint density at radius 3 is 1.69 bits per heavy atom. The number of aromatic nitrogens is 1. The molecule has 0 N–H and O–H groups in total. The third-order valence-electron chi connectivity index (χ3n) is 9.90. The first-order valence-corrected chi connectivity index (χ1v) is 15.7. The highest BCUT2D eigenvalue weighted by Gasteiger charge is 2.50. The van der Waals surface area contributed by atoms with E-state index in [1.54, 1.807) is 0 Å². The minimum absolute atomic E-state index is 0.299. The van der Waals surface area contributed by atoms with Gasteiger partial charge in [0.05, 0.1) is 16.8 Å². The second kappa shape index (κ2) is 10.1. The fraction of sp³-hybridized carbons (Fsp3) is 0.143. The highest BCUT2D eigenvalue weighted by molar-refractivity contribution is 6.23. The predicted octanol–water partition coefficient (Wildman–Crippen LogP) is 10.7. The summed E-state index contributed by atoms with van der Waals surface area (Å²) in [5.41, 5.74) is 5.11. The molecular weight excluding hydrogens is 546 g/mol. The molecule has 1 aliphatic rings. The number of amidine groups is 1. The number of nitrogens with zero attached hydrogens (tertiary/aromatic N) is 3. The first-order chi connectivity index (χ1) is 21.8. The molecule has 0 atom stereocenters. The zero-order chi connectivity index (χ0) is 30.8. The van der Waals surface area contributed by atoms with Gasteiger partial charge in [0.25, 0.3) is 0 Å². The van der Waals surface area contributed by atoms with Crippen molar-refractivity contribution in [2.24, 2.45) is 4.99 Å². The molecular formula is C42H35N3. The average molecular weight is 582 g/mol. The molecule has 0 saturated heterocycles. The van der Waals surface area contributed by atoms with Gasteiger partial charge in [-0.3, -0.25) is 4.99 Å². The Morgan fingerprint density at radius 1 is 0.489 bits per heavy atom. The van der Waals surface area contributed by atoms with Crippen LogP contribution in [0.15, 0.2) is 145 Å². The van der Waals surface area contributed by atoms with Crippen molar-refractivity contribution in [3.63, 3.8) is 0 Å². The highest BCUT2D eigenvalue weighted by Crippen LogP contribution is 2.46. The van der Waals surface area contributed by atoms with Crippen LogP contribution in [0.3, 0.4) is 0 Å². The van der Waals surface area contributed by atoms with E-state index in [1.165, 1.54) is 43.4 Å². The van der Waals surface area contributed by atoms with Crippen LogP contribution in [0, 0.1) is 0 Å². The number of pyridine rings is 1. The van der Waals surface area contributed by atoms with Gasteiger partial charge in [0.2, 0.25) is 0 Å². The van der Waals surface area contributed by atoms with Gasteiger partial charge < -0.3 is 4.90 Å². The minimum atomic E-state index is -0.310. The molecule has 0 saturated carbocycles. The predicted molar refractivity (Wildman–Crippen MR) is 191 cm³/mol. The number of anilines is 1. The lowest BCUT2D eigenvalue weighted by Crippen LogP contribution is -2.53. The van der Waals surface area contributed by atoms with Crippen LogP contribution in [0.1, 0.15) is 33.3 Å². The molecule has 0 amide bonds. The summed E-state index contributed by atoms with van der Waals surface area (Å²) in [5.74, 6) is 1.85. The monoisotopic (exact) mass is 581 g/mol. The molecule has 45 heavy (non-hydrogen) atoms. The Morgan fingerprint density at radius 2 is 1.02 bits per heavy atom. The van der Waals surface area contributed by atoms with E-state index in [2.05, 4.69) is 172 Å². The van der Waals surface area contributed by atoms with Crippen LogP contribution in [-0.4, -0.2) is 21.9 Å². The molecule has 0 fully saturated rings. The second-order valence-corrected chi connectivity index (χ2v) is 13.0. The van der Waals surface area contributed by atoms with Gasteiger partial charge in [0, 0.05) is 11.1 Å². The Labute approximate surface area is 264 Å². The fourth-order valence-electron chi connectivity index (χ4n) is 6.99. The number of benzene rings is 6.